The van der Waals surface area contributed by atoms with Crippen LogP contribution in [-0.2, 0) is 14.3 Å². The zero-order valence-corrected chi connectivity index (χ0v) is 11.1. The summed E-state index contributed by atoms with van der Waals surface area (Å²) in [5, 5.41) is 8.95. The van der Waals surface area contributed by atoms with Crippen LogP contribution in [0.4, 0.5) is 0 Å². The molecule has 0 fully saturated rings. The van der Waals surface area contributed by atoms with E-state index in [9.17, 15) is 9.59 Å². The molecule has 0 aromatic rings. The number of hydrogen-bond donors (Lipinski definition) is 1. The van der Waals surface area contributed by atoms with Crippen molar-refractivity contribution in [2.24, 2.45) is 11.3 Å². The summed E-state index contributed by atoms with van der Waals surface area (Å²) in [6.07, 6.45) is 7.97. The number of carboxylic acid groups (broad SMARTS) is 1. The Balaban J connectivity index is 2.56. The van der Waals surface area contributed by atoms with Crippen LogP contribution >= 0.6 is 0 Å². The van der Waals surface area contributed by atoms with Crippen molar-refractivity contribution < 1.29 is 19.4 Å². The van der Waals surface area contributed by atoms with E-state index < -0.39 is 23.3 Å². The van der Waals surface area contributed by atoms with E-state index in [0.29, 0.717) is 0 Å². The van der Waals surface area contributed by atoms with Gasteiger partial charge in [0.25, 0.3) is 0 Å². The molecule has 0 saturated carbocycles. The lowest BCUT2D eigenvalue weighted by atomic mass is 9.80. The Bertz CT molecular complexity index is 391. The summed E-state index contributed by atoms with van der Waals surface area (Å²) in [4.78, 5) is 22.8. The molecule has 100 valence electrons. The SMILES string of the molecule is C[C@@H](C(=O)O)C(C)(C)C(=O)OCC1=CCCC=C1. The van der Waals surface area contributed by atoms with Gasteiger partial charge in [0.15, 0.2) is 0 Å². The van der Waals surface area contributed by atoms with Crippen molar-refractivity contribution >= 4 is 11.9 Å². The number of hydrogen-bond acceptors (Lipinski definition) is 3. The van der Waals surface area contributed by atoms with E-state index in [0.717, 1.165) is 18.4 Å². The Morgan fingerprint density at radius 1 is 1.44 bits per heavy atom. The average Bonchev–Trinajstić information content (AvgIpc) is 2.35. The molecule has 0 bridgehead atoms. The maximum absolute atomic E-state index is 11.9. The number of carbonyl (C=O) groups excluding carboxylic acids is 1. The van der Waals surface area contributed by atoms with E-state index in [4.69, 9.17) is 9.84 Å². The first kappa shape index (κ1) is 14.5. The van der Waals surface area contributed by atoms with E-state index in [2.05, 4.69) is 0 Å². The molecule has 1 atom stereocenters. The molecule has 4 nitrogen and oxygen atoms in total. The highest BCUT2D eigenvalue weighted by Crippen LogP contribution is 2.28. The Kier molecular flexibility index (Phi) is 4.70. The van der Waals surface area contributed by atoms with Crippen LogP contribution in [0.3, 0.4) is 0 Å². The molecule has 0 heterocycles. The van der Waals surface area contributed by atoms with Crippen molar-refractivity contribution in [3.05, 3.63) is 23.8 Å². The van der Waals surface area contributed by atoms with Gasteiger partial charge in [-0.25, -0.2) is 0 Å². The third-order valence-electron chi connectivity index (χ3n) is 3.42. The number of carbonyl (C=O) groups is 2. The van der Waals surface area contributed by atoms with Gasteiger partial charge in [0, 0.05) is 0 Å². The van der Waals surface area contributed by atoms with Crippen LogP contribution in [-0.4, -0.2) is 23.7 Å². The maximum Gasteiger partial charge on any atom is 0.312 e. The molecule has 0 spiro atoms. The predicted octanol–water partition coefficient (Wildman–Crippen LogP) is 2.55. The molecule has 18 heavy (non-hydrogen) atoms. The molecule has 0 amide bonds. The minimum atomic E-state index is -1.02. The van der Waals surface area contributed by atoms with Gasteiger partial charge in [0.1, 0.15) is 6.61 Å². The molecule has 0 unspecified atom stereocenters. The average molecular weight is 252 g/mol. The molecule has 1 aliphatic carbocycles. The van der Waals surface area contributed by atoms with Crippen molar-refractivity contribution in [3.8, 4) is 0 Å². The van der Waals surface area contributed by atoms with Gasteiger partial charge in [0.2, 0.25) is 0 Å². The second kappa shape index (κ2) is 5.85. The minimum Gasteiger partial charge on any atom is -0.481 e. The van der Waals surface area contributed by atoms with E-state index >= 15 is 0 Å². The molecule has 1 N–H and O–H groups in total. The zero-order chi connectivity index (χ0) is 13.8. The van der Waals surface area contributed by atoms with Crippen molar-refractivity contribution in [2.45, 2.75) is 33.6 Å². The molecule has 0 saturated heterocycles. The second-order valence-corrected chi connectivity index (χ2v) is 5.12. The third kappa shape index (κ3) is 3.45. The predicted molar refractivity (Wildman–Crippen MR) is 68.0 cm³/mol. The summed E-state index contributed by atoms with van der Waals surface area (Å²) in [7, 11) is 0. The van der Waals surface area contributed by atoms with Crippen LogP contribution in [0.1, 0.15) is 33.6 Å². The van der Waals surface area contributed by atoms with Crippen LogP contribution in [0.15, 0.2) is 23.8 Å². The summed E-state index contributed by atoms with van der Waals surface area (Å²) in [5.41, 5.74) is -0.0570. The first-order valence-electron chi connectivity index (χ1n) is 6.11. The molecule has 0 radical (unpaired) electrons. The second-order valence-electron chi connectivity index (χ2n) is 5.12. The van der Waals surface area contributed by atoms with E-state index in [1.165, 1.54) is 6.92 Å². The number of carboxylic acids is 1. The Labute approximate surface area is 107 Å². The van der Waals surface area contributed by atoms with Crippen molar-refractivity contribution in [1.82, 2.24) is 0 Å². The highest BCUT2D eigenvalue weighted by molar-refractivity contribution is 5.83. The Hall–Kier alpha value is -1.58. The third-order valence-corrected chi connectivity index (χ3v) is 3.42. The summed E-state index contributed by atoms with van der Waals surface area (Å²) in [6.45, 7) is 4.92. The van der Waals surface area contributed by atoms with Gasteiger partial charge in [-0.2, -0.15) is 0 Å². The topological polar surface area (TPSA) is 63.6 Å². The van der Waals surface area contributed by atoms with Gasteiger partial charge in [-0.05, 0) is 32.3 Å². The molecule has 0 aliphatic heterocycles. The highest BCUT2D eigenvalue weighted by Gasteiger charge is 2.39. The fraction of sp³-hybridized carbons (Fsp3) is 0.571. The van der Waals surface area contributed by atoms with E-state index in [-0.39, 0.29) is 6.61 Å². The zero-order valence-electron chi connectivity index (χ0n) is 11.1. The lowest BCUT2D eigenvalue weighted by Gasteiger charge is -2.26. The first-order valence-corrected chi connectivity index (χ1v) is 6.11. The highest BCUT2D eigenvalue weighted by atomic mass is 16.5. The van der Waals surface area contributed by atoms with Gasteiger partial charge in [-0.3, -0.25) is 9.59 Å². The number of allylic oxidation sites excluding steroid dienone is 2. The standard InChI is InChI=1S/C14H20O4/c1-10(12(15)16)14(2,3)13(17)18-9-11-7-5-4-6-8-11/h5,7-8,10H,4,6,9H2,1-3H3,(H,15,16)/t10-/m0/s1. The summed E-state index contributed by atoms with van der Waals surface area (Å²) in [6, 6.07) is 0. The van der Waals surface area contributed by atoms with Crippen molar-refractivity contribution in [3.63, 3.8) is 0 Å². The normalized spacial score (nSPS) is 16.9. The van der Waals surface area contributed by atoms with E-state index in [1.54, 1.807) is 13.8 Å². The molecular formula is C14H20O4. The summed E-state index contributed by atoms with van der Waals surface area (Å²) < 4.78 is 5.20. The number of aliphatic carboxylic acids is 1. The molecule has 0 aromatic carbocycles. The summed E-state index contributed by atoms with van der Waals surface area (Å²) in [5.74, 6) is -2.24. The fourth-order valence-corrected chi connectivity index (χ4v) is 1.60. The van der Waals surface area contributed by atoms with Gasteiger partial charge in [-0.1, -0.05) is 25.2 Å². The number of rotatable bonds is 5. The molecule has 1 aliphatic rings. The molecule has 4 heteroatoms. The van der Waals surface area contributed by atoms with E-state index in [1.807, 2.05) is 18.2 Å². The fourth-order valence-electron chi connectivity index (χ4n) is 1.60. The van der Waals surface area contributed by atoms with Crippen LogP contribution < -0.4 is 0 Å². The van der Waals surface area contributed by atoms with Crippen LogP contribution in [0.5, 0.6) is 0 Å². The maximum atomic E-state index is 11.9. The van der Waals surface area contributed by atoms with Crippen molar-refractivity contribution in [2.75, 3.05) is 6.61 Å². The smallest absolute Gasteiger partial charge is 0.312 e. The van der Waals surface area contributed by atoms with Gasteiger partial charge in [-0.15, -0.1) is 0 Å². The molecule has 1 rings (SSSR count). The number of esters is 1. The first-order chi connectivity index (χ1) is 8.35. The Morgan fingerprint density at radius 3 is 2.61 bits per heavy atom. The lowest BCUT2D eigenvalue weighted by Crippen LogP contribution is -2.37. The Morgan fingerprint density at radius 2 is 2.11 bits per heavy atom. The van der Waals surface area contributed by atoms with Gasteiger partial charge >= 0.3 is 11.9 Å². The largest absolute Gasteiger partial charge is 0.481 e. The monoisotopic (exact) mass is 252 g/mol. The van der Waals surface area contributed by atoms with Gasteiger partial charge < -0.3 is 9.84 Å². The molecule has 0 aromatic heterocycles. The lowest BCUT2D eigenvalue weighted by molar-refractivity contribution is -0.163. The van der Waals surface area contributed by atoms with Crippen molar-refractivity contribution in [1.29, 1.82) is 0 Å². The van der Waals surface area contributed by atoms with Crippen LogP contribution in [0, 0.1) is 11.3 Å². The quantitative estimate of drug-likeness (QED) is 0.764. The number of ether oxygens (including phenoxy) is 1. The summed E-state index contributed by atoms with van der Waals surface area (Å²) >= 11 is 0. The molecular weight excluding hydrogens is 232 g/mol. The van der Waals surface area contributed by atoms with Crippen LogP contribution in [0.25, 0.3) is 0 Å². The van der Waals surface area contributed by atoms with Gasteiger partial charge in [0.05, 0.1) is 11.3 Å². The van der Waals surface area contributed by atoms with Crippen LogP contribution in [0.2, 0.25) is 0 Å². The minimum absolute atomic E-state index is 0.213.